The molecule has 0 N–H and O–H groups in total. The zero-order chi connectivity index (χ0) is 15.4. The van der Waals surface area contributed by atoms with Gasteiger partial charge in [-0.15, -0.1) is 11.6 Å². The second-order valence-corrected chi connectivity index (χ2v) is 5.74. The van der Waals surface area contributed by atoms with E-state index in [9.17, 15) is 4.39 Å². The number of hydrogen-bond acceptors (Lipinski definition) is 2. The molecule has 112 valence electrons. The Morgan fingerprint density at radius 3 is 2.71 bits per heavy atom. The molecular formula is C15H12BrCl2FO2. The maximum Gasteiger partial charge on any atom is 0.175 e. The van der Waals surface area contributed by atoms with Gasteiger partial charge in [0.15, 0.2) is 11.5 Å². The normalized spacial score (nSPS) is 10.5. The van der Waals surface area contributed by atoms with E-state index in [1.54, 1.807) is 25.3 Å². The van der Waals surface area contributed by atoms with Gasteiger partial charge in [-0.05, 0) is 39.7 Å². The van der Waals surface area contributed by atoms with Crippen molar-refractivity contribution >= 4 is 39.1 Å². The first-order chi connectivity index (χ1) is 10.1. The predicted molar refractivity (Wildman–Crippen MR) is 86.0 cm³/mol. The van der Waals surface area contributed by atoms with E-state index >= 15 is 0 Å². The Kier molecular flexibility index (Phi) is 5.73. The third-order valence-corrected chi connectivity index (χ3v) is 4.17. The van der Waals surface area contributed by atoms with Crippen molar-refractivity contribution in [2.24, 2.45) is 0 Å². The number of benzene rings is 2. The lowest BCUT2D eigenvalue weighted by Crippen LogP contribution is -2.00. The molecule has 0 heterocycles. The Balaban J connectivity index is 2.25. The van der Waals surface area contributed by atoms with E-state index in [2.05, 4.69) is 15.9 Å². The zero-order valence-electron chi connectivity index (χ0n) is 11.1. The van der Waals surface area contributed by atoms with Gasteiger partial charge in [0.1, 0.15) is 12.4 Å². The van der Waals surface area contributed by atoms with E-state index in [1.807, 2.05) is 6.07 Å². The van der Waals surface area contributed by atoms with Crippen molar-refractivity contribution in [3.8, 4) is 11.5 Å². The van der Waals surface area contributed by atoms with Crippen LogP contribution in [0.2, 0.25) is 5.02 Å². The van der Waals surface area contributed by atoms with E-state index < -0.39 is 5.82 Å². The van der Waals surface area contributed by atoms with E-state index in [1.165, 1.54) is 6.07 Å². The third-order valence-electron chi connectivity index (χ3n) is 2.85. The third kappa shape index (κ3) is 3.82. The first kappa shape index (κ1) is 16.4. The van der Waals surface area contributed by atoms with Crippen molar-refractivity contribution in [1.29, 1.82) is 0 Å². The maximum absolute atomic E-state index is 13.4. The number of hydrogen-bond donors (Lipinski definition) is 0. The largest absolute Gasteiger partial charge is 0.493 e. The number of rotatable bonds is 5. The number of methoxy groups -OCH3 is 1. The van der Waals surface area contributed by atoms with Crippen LogP contribution in [0.5, 0.6) is 11.5 Å². The predicted octanol–water partition coefficient (Wildman–Crippen LogP) is 5.57. The summed E-state index contributed by atoms with van der Waals surface area (Å²) in [6, 6.07) is 8.23. The Hall–Kier alpha value is -0.970. The van der Waals surface area contributed by atoms with Crippen molar-refractivity contribution in [3.63, 3.8) is 0 Å². The summed E-state index contributed by atoms with van der Waals surface area (Å²) in [6.07, 6.45) is 0. The highest BCUT2D eigenvalue weighted by Gasteiger charge is 2.13. The fourth-order valence-electron chi connectivity index (χ4n) is 1.80. The van der Waals surface area contributed by atoms with E-state index in [0.717, 1.165) is 5.56 Å². The van der Waals surface area contributed by atoms with Gasteiger partial charge in [0, 0.05) is 11.4 Å². The molecule has 0 aromatic heterocycles. The van der Waals surface area contributed by atoms with E-state index in [-0.39, 0.29) is 11.6 Å². The fraction of sp³-hybridized carbons (Fsp3) is 0.200. The summed E-state index contributed by atoms with van der Waals surface area (Å²) in [5.41, 5.74) is 1.46. The molecule has 0 aliphatic heterocycles. The molecule has 0 aliphatic carbocycles. The summed E-state index contributed by atoms with van der Waals surface area (Å²) in [5, 5.41) is 0.0602. The van der Waals surface area contributed by atoms with Gasteiger partial charge in [0.2, 0.25) is 0 Å². The summed E-state index contributed by atoms with van der Waals surface area (Å²) in [4.78, 5) is 0. The molecule has 0 bridgehead atoms. The van der Waals surface area contributed by atoms with Crippen LogP contribution in [0, 0.1) is 5.82 Å². The van der Waals surface area contributed by atoms with Gasteiger partial charge in [-0.2, -0.15) is 0 Å². The summed E-state index contributed by atoms with van der Waals surface area (Å²) in [5.74, 6) is 0.964. The minimum absolute atomic E-state index is 0.0602. The molecule has 21 heavy (non-hydrogen) atoms. The van der Waals surface area contributed by atoms with Gasteiger partial charge in [0.25, 0.3) is 0 Å². The van der Waals surface area contributed by atoms with Crippen LogP contribution in [0.4, 0.5) is 4.39 Å². The highest BCUT2D eigenvalue weighted by Crippen LogP contribution is 2.38. The molecule has 2 rings (SSSR count). The Morgan fingerprint density at radius 1 is 1.29 bits per heavy atom. The van der Waals surface area contributed by atoms with Crippen molar-refractivity contribution in [3.05, 3.63) is 56.8 Å². The molecular weight excluding hydrogens is 382 g/mol. The standard InChI is InChI=1S/C15H12BrCl2FO2/c1-20-13-6-9(7-17)5-11(16)15(13)21-8-10-3-2-4-12(19)14(10)18/h2-6H,7-8H2,1H3. The maximum atomic E-state index is 13.4. The Bertz CT molecular complexity index is 650. The first-order valence-corrected chi connectivity index (χ1v) is 7.75. The second kappa shape index (κ2) is 7.34. The molecule has 0 atom stereocenters. The van der Waals surface area contributed by atoms with Crippen LogP contribution in [0.1, 0.15) is 11.1 Å². The lowest BCUT2D eigenvalue weighted by atomic mass is 10.2. The van der Waals surface area contributed by atoms with Gasteiger partial charge < -0.3 is 9.47 Å². The van der Waals surface area contributed by atoms with Crippen LogP contribution >= 0.6 is 39.1 Å². The molecule has 2 aromatic carbocycles. The molecule has 0 unspecified atom stereocenters. The first-order valence-electron chi connectivity index (χ1n) is 6.05. The monoisotopic (exact) mass is 392 g/mol. The molecule has 0 aliphatic rings. The quantitative estimate of drug-likeness (QED) is 0.618. The number of alkyl halides is 1. The van der Waals surface area contributed by atoms with Crippen LogP contribution in [0.3, 0.4) is 0 Å². The van der Waals surface area contributed by atoms with Crippen LogP contribution in [0.15, 0.2) is 34.8 Å². The fourth-order valence-corrected chi connectivity index (χ4v) is 2.74. The summed E-state index contributed by atoms with van der Waals surface area (Å²) >= 11 is 15.1. The molecule has 0 spiro atoms. The molecule has 2 aromatic rings. The number of ether oxygens (including phenoxy) is 2. The minimum Gasteiger partial charge on any atom is -0.493 e. The van der Waals surface area contributed by atoms with Crippen molar-refractivity contribution in [2.45, 2.75) is 12.5 Å². The molecule has 0 fully saturated rings. The van der Waals surface area contributed by atoms with Crippen LogP contribution < -0.4 is 9.47 Å². The molecule has 0 radical (unpaired) electrons. The molecule has 6 heteroatoms. The van der Waals surface area contributed by atoms with Gasteiger partial charge >= 0.3 is 0 Å². The number of halogens is 4. The highest BCUT2D eigenvalue weighted by atomic mass is 79.9. The molecule has 0 amide bonds. The summed E-state index contributed by atoms with van der Waals surface area (Å²) < 4.78 is 25.1. The van der Waals surface area contributed by atoms with Crippen molar-refractivity contribution < 1.29 is 13.9 Å². The van der Waals surface area contributed by atoms with E-state index in [4.69, 9.17) is 32.7 Å². The lowest BCUT2D eigenvalue weighted by molar-refractivity contribution is 0.282. The van der Waals surface area contributed by atoms with Gasteiger partial charge in [-0.3, -0.25) is 0 Å². The molecule has 0 saturated heterocycles. The Labute approximate surface area is 140 Å². The summed E-state index contributed by atoms with van der Waals surface area (Å²) in [7, 11) is 1.54. The van der Waals surface area contributed by atoms with Crippen LogP contribution in [0.25, 0.3) is 0 Å². The van der Waals surface area contributed by atoms with Crippen LogP contribution in [-0.2, 0) is 12.5 Å². The topological polar surface area (TPSA) is 18.5 Å². The summed E-state index contributed by atoms with van der Waals surface area (Å²) in [6.45, 7) is 0.131. The van der Waals surface area contributed by atoms with Gasteiger partial charge in [0.05, 0.1) is 16.6 Å². The van der Waals surface area contributed by atoms with Crippen molar-refractivity contribution in [2.75, 3.05) is 7.11 Å². The second-order valence-electron chi connectivity index (χ2n) is 4.24. The average Bonchev–Trinajstić information content (AvgIpc) is 2.49. The zero-order valence-corrected chi connectivity index (χ0v) is 14.2. The van der Waals surface area contributed by atoms with Gasteiger partial charge in [-0.1, -0.05) is 23.7 Å². The van der Waals surface area contributed by atoms with Gasteiger partial charge in [-0.25, -0.2) is 4.39 Å². The average molecular weight is 394 g/mol. The molecule has 2 nitrogen and oxygen atoms in total. The lowest BCUT2D eigenvalue weighted by Gasteiger charge is -2.14. The Morgan fingerprint density at radius 2 is 2.05 bits per heavy atom. The molecule has 0 saturated carbocycles. The van der Waals surface area contributed by atoms with E-state index in [0.29, 0.717) is 27.4 Å². The smallest absolute Gasteiger partial charge is 0.175 e. The SMILES string of the molecule is COc1cc(CCl)cc(Br)c1OCc1cccc(F)c1Cl. The van der Waals surface area contributed by atoms with Crippen LogP contribution in [-0.4, -0.2) is 7.11 Å². The minimum atomic E-state index is -0.471. The van der Waals surface area contributed by atoms with Crippen molar-refractivity contribution in [1.82, 2.24) is 0 Å². The highest BCUT2D eigenvalue weighted by molar-refractivity contribution is 9.10.